The van der Waals surface area contributed by atoms with Gasteiger partial charge in [0.15, 0.2) is 5.11 Å². The van der Waals surface area contributed by atoms with Gasteiger partial charge in [0.1, 0.15) is 11.5 Å². The number of carbonyl (C=O) groups is 1. The first-order valence-corrected chi connectivity index (χ1v) is 8.08. The lowest BCUT2D eigenvalue weighted by molar-refractivity contribution is 0.0941. The lowest BCUT2D eigenvalue weighted by atomic mass is 10.2. The fraction of sp³-hybridized carbons (Fsp3) is 0.125. The van der Waals surface area contributed by atoms with Crippen molar-refractivity contribution in [2.75, 3.05) is 19.5 Å². The third-order valence-corrected chi connectivity index (χ3v) is 3.74. The van der Waals surface area contributed by atoms with Crippen LogP contribution in [0, 0.1) is 0 Å². The molecule has 0 unspecified atom stereocenters. The molecule has 3 N–H and O–H groups in total. The number of hydrogen-bond donors (Lipinski definition) is 3. The number of ether oxygens (including phenoxy) is 2. The van der Waals surface area contributed by atoms with Gasteiger partial charge in [-0.2, -0.15) is 0 Å². The monoisotopic (exact) mass is 409 g/mol. The second-order valence-electron chi connectivity index (χ2n) is 4.61. The number of nitrogens with one attached hydrogen (secondary N) is 3. The molecule has 0 aromatic heterocycles. The molecule has 2 aromatic carbocycles. The molecule has 6 nitrogen and oxygen atoms in total. The third-order valence-electron chi connectivity index (χ3n) is 3.04. The van der Waals surface area contributed by atoms with Crippen LogP contribution in [-0.4, -0.2) is 25.2 Å². The first kappa shape index (κ1) is 18.0. The predicted octanol–water partition coefficient (Wildman–Crippen LogP) is 3.10. The number of amides is 1. The lowest BCUT2D eigenvalue weighted by Crippen LogP contribution is -2.43. The minimum Gasteiger partial charge on any atom is -0.497 e. The standard InChI is InChI=1S/C16H16BrN3O3S/c1-22-12-6-4-11(5-7-12)18-16(24)20-19-15(21)13-9-10(17)3-8-14(13)23-2/h3-9H,1-2H3,(H,19,21)(H2,18,20,24). The van der Waals surface area contributed by atoms with E-state index < -0.39 is 0 Å². The molecule has 1 amide bonds. The summed E-state index contributed by atoms with van der Waals surface area (Å²) >= 11 is 8.47. The van der Waals surface area contributed by atoms with Gasteiger partial charge >= 0.3 is 0 Å². The van der Waals surface area contributed by atoms with E-state index >= 15 is 0 Å². The second kappa shape index (κ2) is 8.51. The van der Waals surface area contributed by atoms with Crippen LogP contribution < -0.4 is 25.6 Å². The highest BCUT2D eigenvalue weighted by atomic mass is 79.9. The molecule has 0 radical (unpaired) electrons. The fourth-order valence-corrected chi connectivity index (χ4v) is 2.41. The zero-order valence-corrected chi connectivity index (χ0v) is 15.5. The Morgan fingerprint density at radius 1 is 1.04 bits per heavy atom. The van der Waals surface area contributed by atoms with Crippen LogP contribution in [0.4, 0.5) is 5.69 Å². The molecule has 24 heavy (non-hydrogen) atoms. The second-order valence-corrected chi connectivity index (χ2v) is 5.93. The highest BCUT2D eigenvalue weighted by Gasteiger charge is 2.13. The Labute approximate surface area is 153 Å². The van der Waals surface area contributed by atoms with Gasteiger partial charge in [-0.25, -0.2) is 0 Å². The van der Waals surface area contributed by atoms with Gasteiger partial charge in [-0.1, -0.05) is 15.9 Å². The molecule has 2 rings (SSSR count). The van der Waals surface area contributed by atoms with E-state index in [0.29, 0.717) is 11.3 Å². The molecule has 0 spiro atoms. The largest absolute Gasteiger partial charge is 0.497 e. The summed E-state index contributed by atoms with van der Waals surface area (Å²) in [5, 5.41) is 3.20. The van der Waals surface area contributed by atoms with Gasteiger partial charge in [-0.3, -0.25) is 15.6 Å². The number of rotatable bonds is 4. The van der Waals surface area contributed by atoms with Crippen molar-refractivity contribution < 1.29 is 14.3 Å². The number of anilines is 1. The topological polar surface area (TPSA) is 71.6 Å². The summed E-state index contributed by atoms with van der Waals surface area (Å²) < 4.78 is 11.0. The van der Waals surface area contributed by atoms with Gasteiger partial charge in [0.05, 0.1) is 19.8 Å². The zero-order valence-electron chi connectivity index (χ0n) is 13.1. The van der Waals surface area contributed by atoms with E-state index in [2.05, 4.69) is 32.1 Å². The molecular weight excluding hydrogens is 394 g/mol. The summed E-state index contributed by atoms with van der Waals surface area (Å²) in [6.07, 6.45) is 0. The number of thiocarbonyl (C=S) groups is 1. The number of hydrazine groups is 1. The van der Waals surface area contributed by atoms with Gasteiger partial charge in [0.25, 0.3) is 5.91 Å². The molecule has 126 valence electrons. The fourth-order valence-electron chi connectivity index (χ4n) is 1.88. The molecular formula is C16H16BrN3O3S. The van der Waals surface area contributed by atoms with Crippen molar-refractivity contribution in [1.82, 2.24) is 10.9 Å². The molecule has 0 saturated heterocycles. The van der Waals surface area contributed by atoms with E-state index in [0.717, 1.165) is 15.9 Å². The SMILES string of the molecule is COc1ccc(NC(=S)NNC(=O)c2cc(Br)ccc2OC)cc1. The van der Waals surface area contributed by atoms with Crippen LogP contribution in [0.5, 0.6) is 11.5 Å². The van der Waals surface area contributed by atoms with E-state index in [1.165, 1.54) is 7.11 Å². The maximum atomic E-state index is 12.2. The van der Waals surface area contributed by atoms with Crippen molar-refractivity contribution in [1.29, 1.82) is 0 Å². The van der Waals surface area contributed by atoms with Crippen molar-refractivity contribution in [3.63, 3.8) is 0 Å². The maximum Gasteiger partial charge on any atom is 0.273 e. The van der Waals surface area contributed by atoms with Crippen molar-refractivity contribution in [3.05, 3.63) is 52.5 Å². The van der Waals surface area contributed by atoms with Crippen LogP contribution in [0.2, 0.25) is 0 Å². The molecule has 0 atom stereocenters. The molecule has 0 aliphatic rings. The van der Waals surface area contributed by atoms with Gasteiger partial charge in [0, 0.05) is 10.2 Å². The van der Waals surface area contributed by atoms with Crippen LogP contribution in [-0.2, 0) is 0 Å². The Morgan fingerprint density at radius 3 is 2.38 bits per heavy atom. The highest BCUT2D eigenvalue weighted by Crippen LogP contribution is 2.22. The number of benzene rings is 2. The van der Waals surface area contributed by atoms with E-state index in [-0.39, 0.29) is 11.0 Å². The normalized spacial score (nSPS) is 9.79. The van der Waals surface area contributed by atoms with Crippen molar-refractivity contribution in [2.24, 2.45) is 0 Å². The highest BCUT2D eigenvalue weighted by molar-refractivity contribution is 9.10. The van der Waals surface area contributed by atoms with E-state index in [1.807, 2.05) is 12.1 Å². The quantitative estimate of drug-likeness (QED) is 0.532. The number of hydrogen-bond acceptors (Lipinski definition) is 4. The van der Waals surface area contributed by atoms with Gasteiger partial charge in [-0.15, -0.1) is 0 Å². The summed E-state index contributed by atoms with van der Waals surface area (Å²) in [5.41, 5.74) is 6.32. The van der Waals surface area contributed by atoms with Gasteiger partial charge in [0.2, 0.25) is 0 Å². The Balaban J connectivity index is 1.93. The van der Waals surface area contributed by atoms with E-state index in [1.54, 1.807) is 37.4 Å². The predicted molar refractivity (Wildman–Crippen MR) is 101 cm³/mol. The van der Waals surface area contributed by atoms with E-state index in [9.17, 15) is 4.79 Å². The number of halogens is 1. The van der Waals surface area contributed by atoms with Crippen molar-refractivity contribution >= 4 is 44.9 Å². The molecule has 0 bridgehead atoms. The zero-order chi connectivity index (χ0) is 17.5. The first-order chi connectivity index (χ1) is 11.5. The molecule has 0 saturated carbocycles. The summed E-state index contributed by atoms with van der Waals surface area (Å²) in [4.78, 5) is 12.2. The molecule has 0 aliphatic carbocycles. The smallest absolute Gasteiger partial charge is 0.273 e. The number of methoxy groups -OCH3 is 2. The minimum absolute atomic E-state index is 0.252. The van der Waals surface area contributed by atoms with Crippen LogP contribution >= 0.6 is 28.1 Å². The van der Waals surface area contributed by atoms with Crippen molar-refractivity contribution in [3.8, 4) is 11.5 Å². The molecule has 0 heterocycles. The molecule has 2 aromatic rings. The molecule has 8 heteroatoms. The van der Waals surface area contributed by atoms with Crippen molar-refractivity contribution in [2.45, 2.75) is 0 Å². The number of carbonyl (C=O) groups excluding carboxylic acids is 1. The van der Waals surface area contributed by atoms with Crippen LogP contribution in [0.15, 0.2) is 46.9 Å². The van der Waals surface area contributed by atoms with Crippen LogP contribution in [0.25, 0.3) is 0 Å². The average molecular weight is 410 g/mol. The average Bonchev–Trinajstić information content (AvgIpc) is 2.60. The Hall–Kier alpha value is -2.32. The summed E-state index contributed by atoms with van der Waals surface area (Å²) in [6.45, 7) is 0. The minimum atomic E-state index is -0.368. The summed E-state index contributed by atoms with van der Waals surface area (Å²) in [7, 11) is 3.10. The Morgan fingerprint density at radius 2 is 1.75 bits per heavy atom. The van der Waals surface area contributed by atoms with Gasteiger partial charge < -0.3 is 14.8 Å². The molecule has 0 fully saturated rings. The summed E-state index contributed by atoms with van der Waals surface area (Å²) in [5.74, 6) is 0.841. The maximum absolute atomic E-state index is 12.2. The van der Waals surface area contributed by atoms with E-state index in [4.69, 9.17) is 21.7 Å². The molecule has 0 aliphatic heterocycles. The summed E-state index contributed by atoms with van der Waals surface area (Å²) in [6, 6.07) is 12.4. The Kier molecular flexibility index (Phi) is 6.39. The van der Waals surface area contributed by atoms with Crippen LogP contribution in [0.3, 0.4) is 0 Å². The Bertz CT molecular complexity index is 738. The van der Waals surface area contributed by atoms with Gasteiger partial charge in [-0.05, 0) is 54.7 Å². The third kappa shape index (κ3) is 4.84. The first-order valence-electron chi connectivity index (χ1n) is 6.88. The lowest BCUT2D eigenvalue weighted by Gasteiger charge is -2.13. The van der Waals surface area contributed by atoms with Crippen LogP contribution in [0.1, 0.15) is 10.4 Å².